The molecule has 8 heteroatoms. The second kappa shape index (κ2) is 5.61. The molecule has 1 spiro atoms. The van der Waals surface area contributed by atoms with Gasteiger partial charge in [0.05, 0.1) is 17.9 Å². The Hall–Kier alpha value is -1.93. The number of esters is 1. The number of carbonyl (C=O) groups excluding carboxylic acids is 1. The van der Waals surface area contributed by atoms with Crippen molar-refractivity contribution in [2.24, 2.45) is 11.3 Å². The highest BCUT2D eigenvalue weighted by atomic mass is 16.6. The van der Waals surface area contributed by atoms with Gasteiger partial charge in [-0.15, -0.1) is 0 Å². The lowest BCUT2D eigenvalue weighted by Crippen LogP contribution is -2.38. The lowest BCUT2D eigenvalue weighted by molar-refractivity contribution is -0.159. The summed E-state index contributed by atoms with van der Waals surface area (Å²) in [6.45, 7) is 3.21. The monoisotopic (exact) mass is 323 g/mol. The maximum atomic E-state index is 12.1. The molecule has 0 bridgehead atoms. The SMILES string of the molecule is CC(C)C(=O)OC1C(CO)OC(n2ccc(N)nc2=O)C12CC2. The molecule has 1 saturated carbocycles. The molecule has 2 heterocycles. The van der Waals surface area contributed by atoms with E-state index in [0.29, 0.717) is 0 Å². The van der Waals surface area contributed by atoms with E-state index in [4.69, 9.17) is 15.2 Å². The third kappa shape index (κ3) is 2.61. The third-order valence-electron chi connectivity index (χ3n) is 4.53. The Morgan fingerprint density at radius 2 is 2.30 bits per heavy atom. The summed E-state index contributed by atoms with van der Waals surface area (Å²) >= 11 is 0. The van der Waals surface area contributed by atoms with Crippen LogP contribution in [0.4, 0.5) is 5.82 Å². The largest absolute Gasteiger partial charge is 0.459 e. The molecule has 23 heavy (non-hydrogen) atoms. The Kier molecular flexibility index (Phi) is 3.89. The molecule has 8 nitrogen and oxygen atoms in total. The normalized spacial score (nSPS) is 28.3. The summed E-state index contributed by atoms with van der Waals surface area (Å²) in [5.74, 6) is -0.479. The van der Waals surface area contributed by atoms with Crippen molar-refractivity contribution in [1.29, 1.82) is 0 Å². The van der Waals surface area contributed by atoms with Crippen LogP contribution in [0.25, 0.3) is 0 Å². The van der Waals surface area contributed by atoms with Gasteiger partial charge < -0.3 is 20.3 Å². The topological polar surface area (TPSA) is 117 Å². The highest BCUT2D eigenvalue weighted by Gasteiger charge is 2.66. The van der Waals surface area contributed by atoms with E-state index in [2.05, 4.69) is 4.98 Å². The number of rotatable bonds is 4. The molecule has 0 amide bonds. The van der Waals surface area contributed by atoms with Crippen molar-refractivity contribution in [2.75, 3.05) is 12.3 Å². The molecule has 1 saturated heterocycles. The molecule has 3 N–H and O–H groups in total. The minimum atomic E-state index is -0.658. The van der Waals surface area contributed by atoms with Crippen LogP contribution >= 0.6 is 0 Å². The first-order valence-corrected chi connectivity index (χ1v) is 7.70. The first-order chi connectivity index (χ1) is 10.9. The summed E-state index contributed by atoms with van der Waals surface area (Å²) in [7, 11) is 0. The first kappa shape index (κ1) is 15.9. The number of anilines is 1. The Labute approximate surface area is 133 Å². The maximum absolute atomic E-state index is 12.1. The Morgan fingerprint density at radius 3 is 2.83 bits per heavy atom. The van der Waals surface area contributed by atoms with E-state index in [1.54, 1.807) is 13.8 Å². The lowest BCUT2D eigenvalue weighted by Gasteiger charge is -2.24. The molecule has 2 aliphatic rings. The van der Waals surface area contributed by atoms with Crippen molar-refractivity contribution < 1.29 is 19.4 Å². The van der Waals surface area contributed by atoms with Gasteiger partial charge in [-0.2, -0.15) is 4.98 Å². The summed E-state index contributed by atoms with van der Waals surface area (Å²) in [6, 6.07) is 1.52. The van der Waals surface area contributed by atoms with Crippen LogP contribution in [0.1, 0.15) is 32.9 Å². The van der Waals surface area contributed by atoms with Crippen LogP contribution in [0, 0.1) is 11.3 Å². The Morgan fingerprint density at radius 1 is 1.61 bits per heavy atom. The first-order valence-electron chi connectivity index (χ1n) is 7.70. The predicted octanol–water partition coefficient (Wildman–Crippen LogP) is 0.0632. The molecule has 3 unspecified atom stereocenters. The van der Waals surface area contributed by atoms with Gasteiger partial charge >= 0.3 is 11.7 Å². The maximum Gasteiger partial charge on any atom is 0.351 e. The molecular formula is C15H21N3O5. The van der Waals surface area contributed by atoms with Crippen LogP contribution in [0.5, 0.6) is 0 Å². The number of aromatic nitrogens is 2. The van der Waals surface area contributed by atoms with Gasteiger partial charge in [0.2, 0.25) is 0 Å². The van der Waals surface area contributed by atoms with Crippen LogP contribution in [0.3, 0.4) is 0 Å². The second-order valence-corrected chi connectivity index (χ2v) is 6.50. The van der Waals surface area contributed by atoms with Crippen molar-refractivity contribution >= 4 is 11.8 Å². The number of aliphatic hydroxyl groups excluding tert-OH is 1. The average molecular weight is 323 g/mol. The average Bonchev–Trinajstić information content (AvgIpc) is 3.22. The van der Waals surface area contributed by atoms with Crippen molar-refractivity contribution in [2.45, 2.75) is 45.1 Å². The molecule has 1 aliphatic carbocycles. The number of ether oxygens (including phenoxy) is 2. The van der Waals surface area contributed by atoms with E-state index >= 15 is 0 Å². The predicted molar refractivity (Wildman–Crippen MR) is 80.3 cm³/mol. The smallest absolute Gasteiger partial charge is 0.351 e. The zero-order valence-electron chi connectivity index (χ0n) is 13.1. The Bertz CT molecular complexity index is 667. The van der Waals surface area contributed by atoms with Gasteiger partial charge in [0.1, 0.15) is 24.3 Å². The van der Waals surface area contributed by atoms with Crippen LogP contribution in [-0.4, -0.2) is 39.4 Å². The van der Waals surface area contributed by atoms with Gasteiger partial charge in [0.15, 0.2) is 0 Å². The fraction of sp³-hybridized carbons (Fsp3) is 0.667. The summed E-state index contributed by atoms with van der Waals surface area (Å²) in [4.78, 5) is 27.8. The molecule has 126 valence electrons. The molecule has 0 aromatic carbocycles. The van der Waals surface area contributed by atoms with Gasteiger partial charge in [-0.05, 0) is 18.9 Å². The van der Waals surface area contributed by atoms with Crippen LogP contribution in [-0.2, 0) is 14.3 Å². The summed E-state index contributed by atoms with van der Waals surface area (Å²) in [6.07, 6.45) is 1.18. The van der Waals surface area contributed by atoms with Gasteiger partial charge in [-0.1, -0.05) is 13.8 Å². The summed E-state index contributed by atoms with van der Waals surface area (Å²) in [5, 5.41) is 9.59. The minimum Gasteiger partial charge on any atom is -0.459 e. The number of hydrogen-bond acceptors (Lipinski definition) is 7. The summed E-state index contributed by atoms with van der Waals surface area (Å²) < 4.78 is 12.8. The van der Waals surface area contributed by atoms with Crippen LogP contribution in [0.15, 0.2) is 17.1 Å². The number of aliphatic hydroxyl groups is 1. The Balaban J connectivity index is 1.92. The van der Waals surface area contributed by atoms with Crippen molar-refractivity contribution in [3.8, 4) is 0 Å². The highest BCUT2D eigenvalue weighted by Crippen LogP contribution is 2.63. The summed E-state index contributed by atoms with van der Waals surface area (Å²) in [5.41, 5.74) is 4.51. The van der Waals surface area contributed by atoms with E-state index in [1.807, 2.05) is 0 Å². The molecule has 3 atom stereocenters. The fourth-order valence-corrected chi connectivity index (χ4v) is 3.10. The molecule has 1 aromatic heterocycles. The zero-order chi connectivity index (χ0) is 16.8. The lowest BCUT2D eigenvalue weighted by atomic mass is 9.96. The van der Waals surface area contributed by atoms with Crippen LogP contribution < -0.4 is 11.4 Å². The second-order valence-electron chi connectivity index (χ2n) is 6.50. The van der Waals surface area contributed by atoms with Gasteiger partial charge in [-0.25, -0.2) is 4.79 Å². The standard InChI is InChI=1S/C15H21N3O5/c1-8(2)12(20)23-11-9(7-19)22-13(15(11)4-5-15)18-6-3-10(16)17-14(18)21/h3,6,8-9,11,13,19H,4-5,7H2,1-2H3,(H2,16,17,21). The number of nitrogens with two attached hydrogens (primary N) is 1. The van der Waals surface area contributed by atoms with E-state index in [0.717, 1.165) is 12.8 Å². The van der Waals surface area contributed by atoms with Crippen molar-refractivity contribution in [3.05, 3.63) is 22.7 Å². The molecule has 1 aromatic rings. The number of nitrogen functional groups attached to an aromatic ring is 1. The van der Waals surface area contributed by atoms with E-state index in [9.17, 15) is 14.7 Å². The van der Waals surface area contributed by atoms with Crippen molar-refractivity contribution in [1.82, 2.24) is 9.55 Å². The molecule has 2 fully saturated rings. The number of carbonyl (C=O) groups is 1. The quantitative estimate of drug-likeness (QED) is 0.753. The van der Waals surface area contributed by atoms with E-state index < -0.39 is 29.5 Å². The van der Waals surface area contributed by atoms with Crippen LogP contribution in [0.2, 0.25) is 0 Å². The van der Waals surface area contributed by atoms with E-state index in [1.165, 1.54) is 16.8 Å². The van der Waals surface area contributed by atoms with Gasteiger partial charge in [0.25, 0.3) is 0 Å². The highest BCUT2D eigenvalue weighted by molar-refractivity contribution is 5.71. The number of nitrogens with zero attached hydrogens (tertiary/aromatic N) is 2. The molecule has 1 aliphatic heterocycles. The minimum absolute atomic E-state index is 0.135. The van der Waals surface area contributed by atoms with Crippen molar-refractivity contribution in [3.63, 3.8) is 0 Å². The molecule has 0 radical (unpaired) electrons. The van der Waals surface area contributed by atoms with Gasteiger partial charge in [-0.3, -0.25) is 9.36 Å². The molecular weight excluding hydrogens is 302 g/mol. The third-order valence-corrected chi connectivity index (χ3v) is 4.53. The molecule has 3 rings (SSSR count). The number of hydrogen-bond donors (Lipinski definition) is 2. The zero-order valence-corrected chi connectivity index (χ0v) is 13.1. The van der Waals surface area contributed by atoms with E-state index in [-0.39, 0.29) is 24.3 Å². The fourth-order valence-electron chi connectivity index (χ4n) is 3.10. The van der Waals surface area contributed by atoms with Gasteiger partial charge in [0, 0.05) is 6.20 Å².